The molecule has 18 heavy (non-hydrogen) atoms. The summed E-state index contributed by atoms with van der Waals surface area (Å²) < 4.78 is 13.3. The average molecular weight is 311 g/mol. The fourth-order valence-electron chi connectivity index (χ4n) is 1.55. The normalized spacial score (nSPS) is 10.4. The highest BCUT2D eigenvalue weighted by Gasteiger charge is 2.04. The van der Waals surface area contributed by atoms with Crippen molar-refractivity contribution in [3.05, 3.63) is 45.7 Å². The molecule has 0 aromatic carbocycles. The van der Waals surface area contributed by atoms with Crippen LogP contribution in [0.5, 0.6) is 0 Å². The lowest BCUT2D eigenvalue weighted by Gasteiger charge is -2.07. The van der Waals surface area contributed by atoms with E-state index in [2.05, 4.69) is 36.2 Å². The molecule has 0 spiro atoms. The molecule has 0 atom stereocenters. The average Bonchev–Trinajstić information content (AvgIpc) is 2.26. The van der Waals surface area contributed by atoms with Crippen molar-refractivity contribution in [1.82, 2.24) is 15.0 Å². The molecule has 0 fully saturated rings. The van der Waals surface area contributed by atoms with Crippen molar-refractivity contribution < 1.29 is 4.39 Å². The summed E-state index contributed by atoms with van der Waals surface area (Å²) in [4.78, 5) is 12.2. The van der Waals surface area contributed by atoms with Crippen molar-refractivity contribution >= 4 is 21.9 Å². The third-order valence-corrected chi connectivity index (χ3v) is 3.00. The van der Waals surface area contributed by atoms with E-state index in [4.69, 9.17) is 0 Å². The largest absolute Gasteiger partial charge is 0.350 e. The first-order valence-electron chi connectivity index (χ1n) is 5.41. The molecular formula is C12H12BrFN4. The van der Waals surface area contributed by atoms with E-state index < -0.39 is 5.95 Å². The van der Waals surface area contributed by atoms with Gasteiger partial charge in [0.1, 0.15) is 4.60 Å². The lowest BCUT2D eigenvalue weighted by molar-refractivity contribution is 0.579. The molecule has 0 amide bonds. The van der Waals surface area contributed by atoms with Crippen molar-refractivity contribution in [2.45, 2.75) is 20.4 Å². The summed E-state index contributed by atoms with van der Waals surface area (Å²) in [5, 5.41) is 3.09. The van der Waals surface area contributed by atoms with Gasteiger partial charge in [-0.05, 0) is 41.9 Å². The molecule has 0 bridgehead atoms. The Labute approximate surface area is 113 Å². The summed E-state index contributed by atoms with van der Waals surface area (Å²) in [7, 11) is 0. The van der Waals surface area contributed by atoms with Crippen LogP contribution >= 0.6 is 15.9 Å². The minimum Gasteiger partial charge on any atom is -0.350 e. The van der Waals surface area contributed by atoms with Crippen molar-refractivity contribution in [3.8, 4) is 0 Å². The zero-order valence-electron chi connectivity index (χ0n) is 10.0. The third kappa shape index (κ3) is 3.22. The van der Waals surface area contributed by atoms with Crippen LogP contribution in [-0.2, 0) is 6.54 Å². The van der Waals surface area contributed by atoms with Crippen LogP contribution < -0.4 is 5.32 Å². The van der Waals surface area contributed by atoms with Crippen LogP contribution in [0, 0.1) is 19.8 Å². The van der Waals surface area contributed by atoms with Gasteiger partial charge in [-0.15, -0.1) is 0 Å². The maximum Gasteiger partial charge on any atom is 0.223 e. The van der Waals surface area contributed by atoms with Crippen LogP contribution in [-0.4, -0.2) is 15.0 Å². The highest BCUT2D eigenvalue weighted by molar-refractivity contribution is 9.10. The molecule has 0 radical (unpaired) electrons. The van der Waals surface area contributed by atoms with Gasteiger partial charge >= 0.3 is 0 Å². The number of anilines is 1. The SMILES string of the molecule is Cc1cc(C)nc(NCc2ccc(F)nc2Br)n1. The van der Waals surface area contributed by atoms with Gasteiger partial charge in [0.2, 0.25) is 11.9 Å². The molecule has 0 unspecified atom stereocenters. The third-order valence-electron chi connectivity index (χ3n) is 2.31. The molecule has 0 saturated heterocycles. The maximum absolute atomic E-state index is 12.8. The Bertz CT molecular complexity index is 554. The number of hydrogen-bond acceptors (Lipinski definition) is 4. The first-order valence-corrected chi connectivity index (χ1v) is 6.21. The predicted molar refractivity (Wildman–Crippen MR) is 70.7 cm³/mol. The van der Waals surface area contributed by atoms with E-state index in [9.17, 15) is 4.39 Å². The molecule has 0 aliphatic carbocycles. The summed E-state index contributed by atoms with van der Waals surface area (Å²) >= 11 is 3.22. The Morgan fingerprint density at radius 2 is 1.83 bits per heavy atom. The minimum atomic E-state index is -0.506. The van der Waals surface area contributed by atoms with Gasteiger partial charge in [0.05, 0.1) is 0 Å². The van der Waals surface area contributed by atoms with Crippen LogP contribution in [0.25, 0.3) is 0 Å². The number of rotatable bonds is 3. The molecule has 2 rings (SSSR count). The Kier molecular flexibility index (Phi) is 3.86. The lowest BCUT2D eigenvalue weighted by Crippen LogP contribution is -2.06. The Balaban J connectivity index is 2.11. The van der Waals surface area contributed by atoms with Gasteiger partial charge in [0.15, 0.2) is 0 Å². The summed E-state index contributed by atoms with van der Waals surface area (Å²) in [6.45, 7) is 4.31. The molecule has 0 saturated carbocycles. The highest BCUT2D eigenvalue weighted by atomic mass is 79.9. The molecule has 2 aromatic rings. The van der Waals surface area contributed by atoms with Crippen molar-refractivity contribution in [2.75, 3.05) is 5.32 Å². The van der Waals surface area contributed by atoms with E-state index in [1.54, 1.807) is 6.07 Å². The number of hydrogen-bond donors (Lipinski definition) is 1. The fraction of sp³-hybridized carbons (Fsp3) is 0.250. The van der Waals surface area contributed by atoms with Gasteiger partial charge in [-0.25, -0.2) is 15.0 Å². The molecule has 4 nitrogen and oxygen atoms in total. The number of halogens is 2. The number of nitrogens with zero attached hydrogens (tertiary/aromatic N) is 3. The second-order valence-electron chi connectivity index (χ2n) is 3.91. The Morgan fingerprint density at radius 1 is 1.17 bits per heavy atom. The molecule has 2 aromatic heterocycles. The lowest BCUT2D eigenvalue weighted by atomic mass is 10.3. The van der Waals surface area contributed by atoms with Gasteiger partial charge in [-0.1, -0.05) is 6.07 Å². The predicted octanol–water partition coefficient (Wildman–Crippen LogP) is 3.00. The van der Waals surface area contributed by atoms with Crippen molar-refractivity contribution in [3.63, 3.8) is 0 Å². The molecule has 6 heteroatoms. The van der Waals surface area contributed by atoms with Gasteiger partial charge in [-0.3, -0.25) is 0 Å². The monoisotopic (exact) mass is 310 g/mol. The first kappa shape index (κ1) is 12.9. The van der Waals surface area contributed by atoms with E-state index >= 15 is 0 Å². The number of pyridine rings is 1. The topological polar surface area (TPSA) is 50.7 Å². The second-order valence-corrected chi connectivity index (χ2v) is 4.66. The summed E-state index contributed by atoms with van der Waals surface area (Å²) in [6.07, 6.45) is 0. The van der Waals surface area contributed by atoms with E-state index in [1.165, 1.54) is 6.07 Å². The van der Waals surface area contributed by atoms with Crippen LogP contribution in [0.4, 0.5) is 10.3 Å². The van der Waals surface area contributed by atoms with Crippen LogP contribution in [0.15, 0.2) is 22.8 Å². The molecule has 1 N–H and O–H groups in total. The van der Waals surface area contributed by atoms with Crippen LogP contribution in [0.3, 0.4) is 0 Å². The van der Waals surface area contributed by atoms with E-state index in [0.717, 1.165) is 17.0 Å². The zero-order valence-corrected chi connectivity index (χ0v) is 11.6. The Morgan fingerprint density at radius 3 is 2.44 bits per heavy atom. The molecule has 0 aliphatic heterocycles. The standard InChI is InChI=1S/C12H12BrFN4/c1-7-5-8(2)17-12(16-7)15-6-9-3-4-10(14)18-11(9)13/h3-5H,6H2,1-2H3,(H,15,16,17). The van der Waals surface area contributed by atoms with Gasteiger partial charge in [0.25, 0.3) is 0 Å². The van der Waals surface area contributed by atoms with Gasteiger partial charge in [0, 0.05) is 23.5 Å². The van der Waals surface area contributed by atoms with Gasteiger partial charge < -0.3 is 5.32 Å². The smallest absolute Gasteiger partial charge is 0.223 e. The summed E-state index contributed by atoms with van der Waals surface area (Å²) in [5.74, 6) is 0.0528. The molecule has 0 aliphatic rings. The first-order chi connectivity index (χ1) is 8.54. The molecular weight excluding hydrogens is 299 g/mol. The molecule has 2 heterocycles. The molecule has 94 valence electrons. The van der Waals surface area contributed by atoms with Crippen LogP contribution in [0.2, 0.25) is 0 Å². The number of aryl methyl sites for hydroxylation is 2. The van der Waals surface area contributed by atoms with E-state index in [-0.39, 0.29) is 0 Å². The fourth-order valence-corrected chi connectivity index (χ4v) is 1.99. The second kappa shape index (κ2) is 5.39. The summed E-state index contributed by atoms with van der Waals surface area (Å²) in [5.41, 5.74) is 2.65. The Hall–Kier alpha value is -1.56. The quantitative estimate of drug-likeness (QED) is 0.885. The maximum atomic E-state index is 12.8. The minimum absolute atomic E-state index is 0.483. The highest BCUT2D eigenvalue weighted by Crippen LogP contribution is 2.15. The van der Waals surface area contributed by atoms with Crippen molar-refractivity contribution in [1.29, 1.82) is 0 Å². The van der Waals surface area contributed by atoms with Gasteiger partial charge in [-0.2, -0.15) is 4.39 Å². The zero-order chi connectivity index (χ0) is 13.1. The van der Waals surface area contributed by atoms with E-state index in [1.807, 2.05) is 19.9 Å². The summed E-state index contributed by atoms with van der Waals surface area (Å²) in [6, 6.07) is 4.90. The number of aromatic nitrogens is 3. The van der Waals surface area contributed by atoms with E-state index in [0.29, 0.717) is 17.1 Å². The van der Waals surface area contributed by atoms with Crippen molar-refractivity contribution in [2.24, 2.45) is 0 Å². The number of nitrogens with one attached hydrogen (secondary N) is 1. The van der Waals surface area contributed by atoms with Crippen LogP contribution in [0.1, 0.15) is 17.0 Å².